The van der Waals surface area contributed by atoms with E-state index >= 15 is 0 Å². The number of nitrogens with zero attached hydrogens (tertiary/aromatic N) is 4. The van der Waals surface area contributed by atoms with E-state index in [4.69, 9.17) is 0 Å². The first-order valence-corrected chi connectivity index (χ1v) is 9.37. The van der Waals surface area contributed by atoms with Crippen molar-refractivity contribution in [2.24, 2.45) is 0 Å². The molecule has 2 aromatic rings. The van der Waals surface area contributed by atoms with Crippen LogP contribution < -0.4 is 5.69 Å². The maximum atomic E-state index is 12.6. The van der Waals surface area contributed by atoms with Gasteiger partial charge in [-0.1, -0.05) is 18.2 Å². The Morgan fingerprint density at radius 1 is 1.22 bits per heavy atom. The number of carbonyl (C=O) groups excluding carboxylic acids is 2. The van der Waals surface area contributed by atoms with Crippen LogP contribution in [0.3, 0.4) is 0 Å². The summed E-state index contributed by atoms with van der Waals surface area (Å²) in [5, 5.41) is 6.73. The lowest BCUT2D eigenvalue weighted by Gasteiger charge is -2.33. The summed E-state index contributed by atoms with van der Waals surface area (Å²) in [4.78, 5) is 40.4. The number of hydrogen-bond acceptors (Lipinski definition) is 4. The number of aromatic nitrogens is 3. The zero-order valence-corrected chi connectivity index (χ0v) is 15.7. The third-order valence-electron chi connectivity index (χ3n) is 5.02. The highest BCUT2D eigenvalue weighted by Gasteiger charge is 2.32. The first-order valence-electron chi connectivity index (χ1n) is 9.37. The van der Waals surface area contributed by atoms with E-state index in [2.05, 4.69) is 10.2 Å². The highest BCUT2D eigenvalue weighted by Crippen LogP contribution is 2.26. The number of para-hydroxylation sites is 1. The second-order valence-corrected chi connectivity index (χ2v) is 6.63. The molecule has 144 valence electrons. The van der Waals surface area contributed by atoms with E-state index in [0.717, 1.165) is 18.5 Å². The number of likely N-dealkylation sites (tertiary alicyclic amines) is 1. The van der Waals surface area contributed by atoms with Crippen LogP contribution in [0.4, 0.5) is 0 Å². The van der Waals surface area contributed by atoms with Gasteiger partial charge in [0.2, 0.25) is 0 Å². The molecular weight excluding hydrogens is 346 g/mol. The van der Waals surface area contributed by atoms with E-state index in [1.165, 1.54) is 4.90 Å². The second-order valence-electron chi connectivity index (χ2n) is 6.63. The highest BCUT2D eigenvalue weighted by atomic mass is 16.2. The van der Waals surface area contributed by atoms with Gasteiger partial charge in [0, 0.05) is 32.1 Å². The zero-order chi connectivity index (χ0) is 19.4. The number of nitrogens with one attached hydrogen (secondary N) is 1. The molecule has 1 aliphatic rings. The van der Waals surface area contributed by atoms with Gasteiger partial charge in [-0.25, -0.2) is 14.5 Å². The van der Waals surface area contributed by atoms with Gasteiger partial charge in [0.25, 0.3) is 0 Å². The minimum Gasteiger partial charge on any atom is -0.335 e. The molecule has 8 nitrogen and oxygen atoms in total. The van der Waals surface area contributed by atoms with Crippen LogP contribution in [0.15, 0.2) is 35.1 Å². The van der Waals surface area contributed by atoms with Gasteiger partial charge in [-0.05, 0) is 38.8 Å². The molecule has 1 N–H and O–H groups in total. The van der Waals surface area contributed by atoms with Crippen LogP contribution in [0.2, 0.25) is 0 Å². The summed E-state index contributed by atoms with van der Waals surface area (Å²) in [6.45, 7) is 5.65. The molecule has 1 aliphatic heterocycles. The standard InChI is InChI=1S/C19H25N5O3/c1-3-22(4-2)17(25)18(26)23-12-8-9-14(13-23)16-20-21-19(27)24(16)15-10-6-5-7-11-15/h5-7,10-11,14H,3-4,8-9,12-13H2,1-2H3,(H,21,27)/t14-/m1/s1. The van der Waals surface area contributed by atoms with Crippen molar-refractivity contribution in [3.05, 3.63) is 46.6 Å². The predicted octanol–water partition coefficient (Wildman–Crippen LogP) is 1.13. The van der Waals surface area contributed by atoms with Gasteiger partial charge in [0.05, 0.1) is 5.69 Å². The van der Waals surface area contributed by atoms with Crippen LogP contribution in [0.5, 0.6) is 0 Å². The van der Waals surface area contributed by atoms with E-state index in [1.54, 1.807) is 9.47 Å². The largest absolute Gasteiger partial charge is 0.347 e. The summed E-state index contributed by atoms with van der Waals surface area (Å²) < 4.78 is 1.55. The second kappa shape index (κ2) is 8.20. The molecule has 0 aliphatic carbocycles. The number of H-pyrrole nitrogens is 1. The summed E-state index contributed by atoms with van der Waals surface area (Å²) in [6, 6.07) is 9.29. The lowest BCUT2D eigenvalue weighted by Crippen LogP contribution is -2.48. The normalized spacial score (nSPS) is 17.0. The smallest absolute Gasteiger partial charge is 0.335 e. The number of piperidine rings is 1. The Balaban J connectivity index is 1.83. The Hall–Kier alpha value is -2.90. The number of benzene rings is 1. The molecule has 1 aromatic heterocycles. The van der Waals surface area contributed by atoms with Crippen LogP contribution in [-0.2, 0) is 9.59 Å². The molecule has 0 spiro atoms. The summed E-state index contributed by atoms with van der Waals surface area (Å²) >= 11 is 0. The van der Waals surface area contributed by atoms with Gasteiger partial charge in [0.15, 0.2) is 0 Å². The summed E-state index contributed by atoms with van der Waals surface area (Å²) in [5.41, 5.74) is 0.424. The first-order chi connectivity index (χ1) is 13.1. The van der Waals surface area contributed by atoms with Crippen molar-refractivity contribution in [1.29, 1.82) is 0 Å². The molecule has 2 heterocycles. The molecule has 8 heteroatoms. The number of carbonyl (C=O) groups is 2. The van der Waals surface area contributed by atoms with Gasteiger partial charge >= 0.3 is 17.5 Å². The molecule has 1 aromatic carbocycles. The van der Waals surface area contributed by atoms with Crippen molar-refractivity contribution < 1.29 is 9.59 Å². The van der Waals surface area contributed by atoms with Gasteiger partial charge in [-0.2, -0.15) is 5.10 Å². The molecule has 27 heavy (non-hydrogen) atoms. The fourth-order valence-electron chi connectivity index (χ4n) is 3.56. The molecule has 2 amide bonds. The Morgan fingerprint density at radius 2 is 1.93 bits per heavy atom. The van der Waals surface area contributed by atoms with E-state index in [9.17, 15) is 14.4 Å². The minimum absolute atomic E-state index is 0.105. The van der Waals surface area contributed by atoms with Crippen molar-refractivity contribution in [3.8, 4) is 5.69 Å². The van der Waals surface area contributed by atoms with Crippen molar-refractivity contribution >= 4 is 11.8 Å². The molecule has 1 atom stereocenters. The fraction of sp³-hybridized carbons (Fsp3) is 0.474. The maximum absolute atomic E-state index is 12.6. The maximum Gasteiger partial charge on any atom is 0.347 e. The Morgan fingerprint density at radius 3 is 2.59 bits per heavy atom. The van der Waals surface area contributed by atoms with Crippen LogP contribution in [-0.4, -0.2) is 62.6 Å². The third-order valence-corrected chi connectivity index (χ3v) is 5.02. The van der Waals surface area contributed by atoms with Gasteiger partial charge in [0.1, 0.15) is 5.82 Å². The molecule has 0 bridgehead atoms. The first kappa shape index (κ1) is 18.9. The quantitative estimate of drug-likeness (QED) is 0.816. The van der Waals surface area contributed by atoms with E-state index in [1.807, 2.05) is 44.2 Å². The van der Waals surface area contributed by atoms with Crippen LogP contribution in [0.25, 0.3) is 5.69 Å². The van der Waals surface area contributed by atoms with E-state index in [-0.39, 0.29) is 11.6 Å². The number of rotatable bonds is 4. The summed E-state index contributed by atoms with van der Waals surface area (Å²) in [7, 11) is 0. The van der Waals surface area contributed by atoms with Crippen molar-refractivity contribution in [2.45, 2.75) is 32.6 Å². The zero-order valence-electron chi connectivity index (χ0n) is 15.7. The third kappa shape index (κ3) is 3.79. The van der Waals surface area contributed by atoms with E-state index in [0.29, 0.717) is 32.0 Å². The monoisotopic (exact) mass is 371 g/mol. The fourth-order valence-corrected chi connectivity index (χ4v) is 3.56. The molecule has 1 fully saturated rings. The van der Waals surface area contributed by atoms with Gasteiger partial charge in [-0.15, -0.1) is 0 Å². The van der Waals surface area contributed by atoms with Crippen LogP contribution in [0.1, 0.15) is 38.4 Å². The lowest BCUT2D eigenvalue weighted by molar-refractivity contribution is -0.152. The molecule has 0 unspecified atom stereocenters. The summed E-state index contributed by atoms with van der Waals surface area (Å²) in [6.07, 6.45) is 1.57. The van der Waals surface area contributed by atoms with Crippen molar-refractivity contribution in [1.82, 2.24) is 24.6 Å². The highest BCUT2D eigenvalue weighted by molar-refractivity contribution is 6.34. The Bertz CT molecular complexity index is 854. The van der Waals surface area contributed by atoms with Crippen molar-refractivity contribution in [2.75, 3.05) is 26.2 Å². The molecule has 0 radical (unpaired) electrons. The van der Waals surface area contributed by atoms with Crippen LogP contribution in [0, 0.1) is 0 Å². The number of amides is 2. The molecule has 1 saturated heterocycles. The number of likely N-dealkylation sites (N-methyl/N-ethyl adjacent to an activating group) is 1. The lowest BCUT2D eigenvalue weighted by atomic mass is 9.96. The van der Waals surface area contributed by atoms with E-state index < -0.39 is 11.8 Å². The number of aromatic amines is 1. The van der Waals surface area contributed by atoms with Gasteiger partial charge < -0.3 is 9.80 Å². The van der Waals surface area contributed by atoms with Crippen molar-refractivity contribution in [3.63, 3.8) is 0 Å². The molecule has 3 rings (SSSR count). The minimum atomic E-state index is -0.479. The summed E-state index contributed by atoms with van der Waals surface area (Å²) in [5.74, 6) is -0.457. The number of hydrogen-bond donors (Lipinski definition) is 1. The average molecular weight is 371 g/mol. The average Bonchev–Trinajstić information content (AvgIpc) is 3.10. The SMILES string of the molecule is CCN(CC)C(=O)C(=O)N1CCC[C@@H](c2n[nH]c(=O)n2-c2ccccc2)C1. The molecular formula is C19H25N5O3. The van der Waals surface area contributed by atoms with Gasteiger partial charge in [-0.3, -0.25) is 9.59 Å². The van der Waals surface area contributed by atoms with Crippen LogP contribution >= 0.6 is 0 Å². The predicted molar refractivity (Wildman–Crippen MR) is 101 cm³/mol. The topological polar surface area (TPSA) is 91.3 Å². The Labute approximate surface area is 157 Å². The molecule has 0 saturated carbocycles. The Kier molecular flexibility index (Phi) is 5.73.